The molecule has 9 nitrogen and oxygen atoms in total. The molecule has 0 amide bonds. The molecule has 3 aromatic heterocycles. The van der Waals surface area contributed by atoms with E-state index in [0.717, 1.165) is 10.1 Å². The Hall–Kier alpha value is -4.01. The summed E-state index contributed by atoms with van der Waals surface area (Å²) in [5.41, 5.74) is 1.94. The number of aryl methyl sites for hydroxylation is 3. The number of fused-ring (bicyclic) bond motifs is 1. The lowest BCUT2D eigenvalue weighted by atomic mass is 10.0. The smallest absolute Gasteiger partial charge is 0.339 e. The van der Waals surface area contributed by atoms with Gasteiger partial charge < -0.3 is 9.15 Å². The van der Waals surface area contributed by atoms with Gasteiger partial charge in [0.2, 0.25) is 5.89 Å². The average molecular weight is 477 g/mol. The van der Waals surface area contributed by atoms with Gasteiger partial charge in [-0.25, -0.2) is 19.6 Å². The average Bonchev–Trinajstić information content (AvgIpc) is 3.20. The third-order valence-corrected chi connectivity index (χ3v) is 5.94. The summed E-state index contributed by atoms with van der Waals surface area (Å²) in [5.74, 6) is 0.660. The summed E-state index contributed by atoms with van der Waals surface area (Å²) < 4.78 is 13.3. The SMILES string of the molecule is CCOC(=O)c1cc(C)nc2c1c(=O)n(Cc1nc(-c3ccc(C(C)C)cc3)oc1C)c(=O)n2C. The minimum atomic E-state index is -0.643. The fraction of sp³-hybridized carbons (Fsp3) is 0.346. The van der Waals surface area contributed by atoms with Crippen LogP contribution in [0.4, 0.5) is 0 Å². The van der Waals surface area contributed by atoms with Crippen molar-refractivity contribution in [1.29, 1.82) is 0 Å². The van der Waals surface area contributed by atoms with Gasteiger partial charge in [0.15, 0.2) is 0 Å². The van der Waals surface area contributed by atoms with Crippen LogP contribution >= 0.6 is 0 Å². The van der Waals surface area contributed by atoms with E-state index in [2.05, 4.69) is 23.8 Å². The normalized spacial score (nSPS) is 11.4. The Morgan fingerprint density at radius 1 is 1.11 bits per heavy atom. The maximum atomic E-state index is 13.5. The topological polar surface area (TPSA) is 109 Å². The van der Waals surface area contributed by atoms with Crippen molar-refractivity contribution in [2.75, 3.05) is 6.61 Å². The highest BCUT2D eigenvalue weighted by molar-refractivity contribution is 6.02. The van der Waals surface area contributed by atoms with Crippen molar-refractivity contribution in [3.63, 3.8) is 0 Å². The van der Waals surface area contributed by atoms with E-state index in [1.807, 2.05) is 24.3 Å². The molecule has 1 aromatic carbocycles. The zero-order valence-corrected chi connectivity index (χ0v) is 20.7. The van der Waals surface area contributed by atoms with Crippen LogP contribution in [0.15, 0.2) is 44.3 Å². The van der Waals surface area contributed by atoms with Crippen LogP contribution in [0.5, 0.6) is 0 Å². The number of pyridine rings is 1. The van der Waals surface area contributed by atoms with Crippen molar-refractivity contribution >= 4 is 17.0 Å². The predicted molar refractivity (Wildman–Crippen MR) is 132 cm³/mol. The number of hydrogen-bond acceptors (Lipinski definition) is 7. The van der Waals surface area contributed by atoms with E-state index < -0.39 is 17.2 Å². The molecule has 0 aliphatic rings. The van der Waals surface area contributed by atoms with Crippen LogP contribution < -0.4 is 11.2 Å². The van der Waals surface area contributed by atoms with Crippen molar-refractivity contribution < 1.29 is 13.9 Å². The number of rotatable bonds is 6. The van der Waals surface area contributed by atoms with Crippen molar-refractivity contribution in [1.82, 2.24) is 19.1 Å². The first-order valence-corrected chi connectivity index (χ1v) is 11.5. The van der Waals surface area contributed by atoms with Crippen LogP contribution in [0.3, 0.4) is 0 Å². The molecule has 9 heteroatoms. The van der Waals surface area contributed by atoms with E-state index in [0.29, 0.717) is 29.0 Å². The van der Waals surface area contributed by atoms with Crippen molar-refractivity contribution in [3.8, 4) is 11.5 Å². The van der Waals surface area contributed by atoms with Gasteiger partial charge in [-0.2, -0.15) is 0 Å². The molecule has 3 heterocycles. The van der Waals surface area contributed by atoms with E-state index in [1.54, 1.807) is 20.8 Å². The first-order valence-electron chi connectivity index (χ1n) is 11.5. The van der Waals surface area contributed by atoms with Gasteiger partial charge in [-0.1, -0.05) is 26.0 Å². The summed E-state index contributed by atoms with van der Waals surface area (Å²) in [5, 5.41) is 0.0294. The third kappa shape index (κ3) is 4.41. The van der Waals surface area contributed by atoms with Gasteiger partial charge in [-0.05, 0) is 50.5 Å². The summed E-state index contributed by atoms with van der Waals surface area (Å²) in [6.07, 6.45) is 0. The second-order valence-electron chi connectivity index (χ2n) is 8.76. The minimum Gasteiger partial charge on any atom is -0.462 e. The molecule has 0 saturated heterocycles. The molecule has 0 fully saturated rings. The van der Waals surface area contributed by atoms with Crippen molar-refractivity contribution in [2.24, 2.45) is 7.05 Å². The van der Waals surface area contributed by atoms with Gasteiger partial charge in [0.1, 0.15) is 17.1 Å². The Labute approximate surface area is 202 Å². The molecule has 0 spiro atoms. The van der Waals surface area contributed by atoms with Gasteiger partial charge >= 0.3 is 11.7 Å². The van der Waals surface area contributed by atoms with E-state index in [-0.39, 0.29) is 29.7 Å². The summed E-state index contributed by atoms with van der Waals surface area (Å²) >= 11 is 0. The fourth-order valence-electron chi connectivity index (χ4n) is 3.97. The van der Waals surface area contributed by atoms with Crippen LogP contribution in [0.25, 0.3) is 22.5 Å². The highest BCUT2D eigenvalue weighted by Crippen LogP contribution is 2.24. The van der Waals surface area contributed by atoms with Crippen LogP contribution in [0, 0.1) is 13.8 Å². The molecule has 0 atom stereocenters. The number of ether oxygens (including phenoxy) is 1. The molecular formula is C26H28N4O5. The number of carbonyl (C=O) groups is 1. The molecule has 4 aromatic rings. The molecule has 0 radical (unpaired) electrons. The lowest BCUT2D eigenvalue weighted by molar-refractivity contribution is 0.0528. The molecule has 0 aliphatic heterocycles. The van der Waals surface area contributed by atoms with Crippen LogP contribution in [0.1, 0.15) is 59.8 Å². The highest BCUT2D eigenvalue weighted by atomic mass is 16.5. The molecule has 0 N–H and O–H groups in total. The zero-order chi connectivity index (χ0) is 25.4. The minimum absolute atomic E-state index is 0.0294. The Balaban J connectivity index is 1.82. The predicted octanol–water partition coefficient (Wildman–Crippen LogP) is 3.72. The Bertz CT molecular complexity index is 1540. The summed E-state index contributed by atoms with van der Waals surface area (Å²) in [7, 11) is 1.51. The quantitative estimate of drug-likeness (QED) is 0.390. The van der Waals surface area contributed by atoms with Crippen LogP contribution in [0.2, 0.25) is 0 Å². The van der Waals surface area contributed by atoms with Gasteiger partial charge in [-0.3, -0.25) is 13.9 Å². The number of aromatic nitrogens is 4. The second kappa shape index (κ2) is 9.32. The lowest BCUT2D eigenvalue weighted by Gasteiger charge is -2.12. The van der Waals surface area contributed by atoms with E-state index in [4.69, 9.17) is 9.15 Å². The molecule has 0 saturated carbocycles. The number of hydrogen-bond donors (Lipinski definition) is 0. The Kier molecular flexibility index (Phi) is 6.43. The molecule has 0 bridgehead atoms. The van der Waals surface area contributed by atoms with Crippen molar-refractivity contribution in [3.05, 3.63) is 79.4 Å². The third-order valence-electron chi connectivity index (χ3n) is 5.94. The van der Waals surface area contributed by atoms with Gasteiger partial charge in [0, 0.05) is 18.3 Å². The Morgan fingerprint density at radius 3 is 2.43 bits per heavy atom. The fourth-order valence-corrected chi connectivity index (χ4v) is 3.97. The van der Waals surface area contributed by atoms with E-state index in [9.17, 15) is 14.4 Å². The number of benzene rings is 1. The van der Waals surface area contributed by atoms with Crippen LogP contribution in [-0.4, -0.2) is 31.7 Å². The maximum absolute atomic E-state index is 13.5. The standard InChI is InChI=1S/C26H28N4O5/c1-7-34-25(32)19-12-15(4)27-22-21(19)24(31)30(26(33)29(22)6)13-20-16(5)35-23(28-20)18-10-8-17(9-11-18)14(2)3/h8-12,14H,7,13H2,1-6H3. The van der Waals surface area contributed by atoms with Crippen LogP contribution in [-0.2, 0) is 18.3 Å². The van der Waals surface area contributed by atoms with Gasteiger partial charge in [0.05, 0.1) is 24.1 Å². The second-order valence-corrected chi connectivity index (χ2v) is 8.76. The van der Waals surface area contributed by atoms with Gasteiger partial charge in [-0.15, -0.1) is 0 Å². The number of carbonyl (C=O) groups excluding carboxylic acids is 1. The number of nitrogens with zero attached hydrogens (tertiary/aromatic N) is 4. The number of oxazole rings is 1. The Morgan fingerprint density at radius 2 is 1.80 bits per heavy atom. The van der Waals surface area contributed by atoms with Crippen molar-refractivity contribution in [2.45, 2.75) is 47.1 Å². The number of esters is 1. The molecule has 0 unspecified atom stereocenters. The van der Waals surface area contributed by atoms with E-state index >= 15 is 0 Å². The molecule has 0 aliphatic carbocycles. The summed E-state index contributed by atoms with van der Waals surface area (Å²) in [6.45, 7) is 9.38. The largest absolute Gasteiger partial charge is 0.462 e. The molecule has 4 rings (SSSR count). The summed E-state index contributed by atoms with van der Waals surface area (Å²) in [4.78, 5) is 48.1. The van der Waals surface area contributed by atoms with E-state index in [1.165, 1.54) is 23.2 Å². The highest BCUT2D eigenvalue weighted by Gasteiger charge is 2.22. The lowest BCUT2D eigenvalue weighted by Crippen LogP contribution is -2.40. The first-order chi connectivity index (χ1) is 16.6. The molecule has 35 heavy (non-hydrogen) atoms. The summed E-state index contributed by atoms with van der Waals surface area (Å²) in [6, 6.07) is 9.41. The molecular weight excluding hydrogens is 448 g/mol. The van der Waals surface area contributed by atoms with Gasteiger partial charge in [0.25, 0.3) is 5.56 Å². The maximum Gasteiger partial charge on any atom is 0.339 e. The molecule has 182 valence electrons. The monoisotopic (exact) mass is 476 g/mol. The first kappa shape index (κ1) is 24.1. The zero-order valence-electron chi connectivity index (χ0n) is 20.7.